The Morgan fingerprint density at radius 3 is 3.00 bits per heavy atom. The van der Waals surface area contributed by atoms with E-state index < -0.39 is 0 Å². The minimum absolute atomic E-state index is 0.178. The first-order valence-electron chi connectivity index (χ1n) is 5.08. The van der Waals surface area contributed by atoms with Gasteiger partial charge in [-0.2, -0.15) is 0 Å². The maximum Gasteiger partial charge on any atom is 0.234 e. The topological polar surface area (TPSA) is 44.4 Å². The normalized spacial score (nSPS) is 31.4. The minimum Gasteiger partial charge on any atom is -0.354 e. The van der Waals surface area contributed by atoms with E-state index in [4.69, 9.17) is 0 Å². The van der Waals surface area contributed by atoms with Gasteiger partial charge in [0.2, 0.25) is 5.91 Å². The molecule has 2 aliphatic rings. The summed E-state index contributed by atoms with van der Waals surface area (Å²) in [5, 5.41) is 6.22. The molecule has 2 fully saturated rings. The summed E-state index contributed by atoms with van der Waals surface area (Å²) in [4.78, 5) is 13.4. The fraction of sp³-hybridized carbons (Fsp3) is 0.889. The molecule has 2 heterocycles. The zero-order valence-electron chi connectivity index (χ0n) is 7.88. The van der Waals surface area contributed by atoms with Crippen LogP contribution in [0, 0.1) is 0 Å². The highest BCUT2D eigenvalue weighted by molar-refractivity contribution is 5.78. The molecule has 74 valence electrons. The first kappa shape index (κ1) is 8.97. The molecule has 2 N–H and O–H groups in total. The van der Waals surface area contributed by atoms with Gasteiger partial charge in [0.15, 0.2) is 0 Å². The summed E-state index contributed by atoms with van der Waals surface area (Å²) < 4.78 is 0. The van der Waals surface area contributed by atoms with Crippen LogP contribution in [0.15, 0.2) is 0 Å². The maximum atomic E-state index is 11.1. The number of nitrogens with zero attached hydrogens (tertiary/aromatic N) is 1. The number of carbonyl (C=O) groups excluding carboxylic acids is 1. The first-order chi connectivity index (χ1) is 6.36. The maximum absolute atomic E-state index is 11.1. The third kappa shape index (κ3) is 2.19. The summed E-state index contributed by atoms with van der Waals surface area (Å²) >= 11 is 0. The van der Waals surface area contributed by atoms with E-state index in [1.807, 2.05) is 0 Å². The van der Waals surface area contributed by atoms with E-state index in [1.165, 1.54) is 12.8 Å². The summed E-state index contributed by atoms with van der Waals surface area (Å²) in [6.07, 6.45) is 2.48. The summed E-state index contributed by atoms with van der Waals surface area (Å²) in [7, 11) is 0. The molecule has 1 atom stereocenters. The highest BCUT2D eigenvalue weighted by atomic mass is 16.2. The van der Waals surface area contributed by atoms with Crippen molar-refractivity contribution < 1.29 is 4.79 Å². The highest BCUT2D eigenvalue weighted by Crippen LogP contribution is 2.10. The average molecular weight is 183 g/mol. The van der Waals surface area contributed by atoms with Crippen molar-refractivity contribution >= 4 is 5.91 Å². The van der Waals surface area contributed by atoms with Gasteiger partial charge in [-0.3, -0.25) is 9.69 Å². The molecular formula is C9H17N3O. The van der Waals surface area contributed by atoms with Crippen molar-refractivity contribution in [3.05, 3.63) is 0 Å². The van der Waals surface area contributed by atoms with E-state index in [0.29, 0.717) is 12.6 Å². The standard InChI is InChI=1S/C9H17N3O/c13-9-7-12(5-4-11-9)8-2-1-3-10-6-8/h8,10H,1-7H2,(H,11,13). The smallest absolute Gasteiger partial charge is 0.234 e. The van der Waals surface area contributed by atoms with E-state index in [-0.39, 0.29) is 5.91 Å². The molecule has 4 heteroatoms. The lowest BCUT2D eigenvalue weighted by atomic mass is 10.1. The van der Waals surface area contributed by atoms with E-state index in [1.54, 1.807) is 0 Å². The largest absolute Gasteiger partial charge is 0.354 e. The Kier molecular flexibility index (Phi) is 2.80. The Balaban J connectivity index is 1.87. The molecule has 0 spiro atoms. The summed E-state index contributed by atoms with van der Waals surface area (Å²) in [5.74, 6) is 0.178. The molecule has 0 saturated carbocycles. The lowest BCUT2D eigenvalue weighted by molar-refractivity contribution is -0.125. The quantitative estimate of drug-likeness (QED) is 0.558. The van der Waals surface area contributed by atoms with Gasteiger partial charge in [-0.25, -0.2) is 0 Å². The third-order valence-electron chi connectivity index (χ3n) is 2.86. The van der Waals surface area contributed by atoms with Gasteiger partial charge in [0.1, 0.15) is 0 Å². The van der Waals surface area contributed by atoms with Gasteiger partial charge in [-0.15, -0.1) is 0 Å². The van der Waals surface area contributed by atoms with Gasteiger partial charge >= 0.3 is 0 Å². The Labute approximate surface area is 78.7 Å². The molecule has 2 saturated heterocycles. The van der Waals surface area contributed by atoms with Gasteiger partial charge in [-0.1, -0.05) is 0 Å². The lowest BCUT2D eigenvalue weighted by Gasteiger charge is -2.36. The van der Waals surface area contributed by atoms with Crippen LogP contribution in [0.2, 0.25) is 0 Å². The molecule has 4 nitrogen and oxygen atoms in total. The van der Waals surface area contributed by atoms with Crippen LogP contribution in [0.5, 0.6) is 0 Å². The highest BCUT2D eigenvalue weighted by Gasteiger charge is 2.24. The van der Waals surface area contributed by atoms with Crippen molar-refractivity contribution in [1.82, 2.24) is 15.5 Å². The van der Waals surface area contributed by atoms with E-state index in [2.05, 4.69) is 15.5 Å². The molecule has 0 aromatic rings. The number of piperazine rings is 1. The van der Waals surface area contributed by atoms with Crippen molar-refractivity contribution in [2.75, 3.05) is 32.7 Å². The van der Waals surface area contributed by atoms with Crippen molar-refractivity contribution in [3.63, 3.8) is 0 Å². The van der Waals surface area contributed by atoms with E-state index in [0.717, 1.165) is 26.2 Å². The Bertz CT molecular complexity index is 189. The average Bonchev–Trinajstić information content (AvgIpc) is 2.19. The summed E-state index contributed by atoms with van der Waals surface area (Å²) in [6, 6.07) is 0.583. The van der Waals surface area contributed by atoms with Crippen LogP contribution in [0.4, 0.5) is 0 Å². The van der Waals surface area contributed by atoms with Crippen molar-refractivity contribution in [1.29, 1.82) is 0 Å². The van der Waals surface area contributed by atoms with Crippen LogP contribution in [0.3, 0.4) is 0 Å². The summed E-state index contributed by atoms with van der Waals surface area (Å²) in [6.45, 7) is 4.60. The number of hydrogen-bond acceptors (Lipinski definition) is 3. The van der Waals surface area contributed by atoms with Crippen LogP contribution in [-0.4, -0.2) is 49.6 Å². The zero-order chi connectivity index (χ0) is 9.10. The van der Waals surface area contributed by atoms with Gasteiger partial charge < -0.3 is 10.6 Å². The van der Waals surface area contributed by atoms with Crippen molar-refractivity contribution in [2.24, 2.45) is 0 Å². The molecule has 2 rings (SSSR count). The second kappa shape index (κ2) is 4.07. The number of hydrogen-bond donors (Lipinski definition) is 2. The molecule has 0 aromatic heterocycles. The number of piperidine rings is 1. The SMILES string of the molecule is O=C1CN(C2CCCNC2)CCN1. The van der Waals surface area contributed by atoms with Crippen LogP contribution >= 0.6 is 0 Å². The van der Waals surface area contributed by atoms with Crippen LogP contribution in [0.1, 0.15) is 12.8 Å². The molecule has 0 radical (unpaired) electrons. The molecular weight excluding hydrogens is 166 g/mol. The Morgan fingerprint density at radius 1 is 1.38 bits per heavy atom. The Morgan fingerprint density at radius 2 is 2.31 bits per heavy atom. The number of nitrogens with one attached hydrogen (secondary N) is 2. The number of rotatable bonds is 1. The van der Waals surface area contributed by atoms with Crippen molar-refractivity contribution in [3.8, 4) is 0 Å². The molecule has 1 amide bonds. The first-order valence-corrected chi connectivity index (χ1v) is 5.08. The molecule has 13 heavy (non-hydrogen) atoms. The molecule has 2 aliphatic heterocycles. The van der Waals surface area contributed by atoms with Gasteiger partial charge in [0, 0.05) is 25.7 Å². The number of amides is 1. The fourth-order valence-corrected chi connectivity index (χ4v) is 2.12. The molecule has 0 aliphatic carbocycles. The molecule has 1 unspecified atom stereocenters. The van der Waals surface area contributed by atoms with Gasteiger partial charge in [0.25, 0.3) is 0 Å². The van der Waals surface area contributed by atoms with Gasteiger partial charge in [-0.05, 0) is 19.4 Å². The molecule has 0 bridgehead atoms. The fourth-order valence-electron chi connectivity index (χ4n) is 2.12. The lowest BCUT2D eigenvalue weighted by Crippen LogP contribution is -2.55. The second-order valence-electron chi connectivity index (χ2n) is 3.82. The van der Waals surface area contributed by atoms with Crippen LogP contribution in [-0.2, 0) is 4.79 Å². The predicted octanol–water partition coefficient (Wildman–Crippen LogP) is -0.830. The minimum atomic E-state index is 0.178. The van der Waals surface area contributed by atoms with Crippen LogP contribution < -0.4 is 10.6 Å². The second-order valence-corrected chi connectivity index (χ2v) is 3.82. The summed E-state index contributed by atoms with van der Waals surface area (Å²) in [5.41, 5.74) is 0. The van der Waals surface area contributed by atoms with Gasteiger partial charge in [0.05, 0.1) is 6.54 Å². The predicted molar refractivity (Wildman–Crippen MR) is 50.5 cm³/mol. The third-order valence-corrected chi connectivity index (χ3v) is 2.86. The van der Waals surface area contributed by atoms with Crippen molar-refractivity contribution in [2.45, 2.75) is 18.9 Å². The monoisotopic (exact) mass is 183 g/mol. The van der Waals surface area contributed by atoms with Crippen LogP contribution in [0.25, 0.3) is 0 Å². The Hall–Kier alpha value is -0.610. The molecule has 0 aromatic carbocycles. The van der Waals surface area contributed by atoms with E-state index in [9.17, 15) is 4.79 Å². The zero-order valence-corrected chi connectivity index (χ0v) is 7.88. The van der Waals surface area contributed by atoms with E-state index >= 15 is 0 Å². The number of carbonyl (C=O) groups is 1.